The third-order valence-corrected chi connectivity index (χ3v) is 5.20. The molecular formula is C21H23N3O4. The fraction of sp³-hybridized carbons (Fsp3) is 0.381. The van der Waals surface area contributed by atoms with Crippen LogP contribution in [0.2, 0.25) is 0 Å². The number of anilines is 1. The van der Waals surface area contributed by atoms with Crippen LogP contribution in [0.5, 0.6) is 11.5 Å². The second kappa shape index (κ2) is 8.29. The number of ether oxygens (including phenoxy) is 2. The van der Waals surface area contributed by atoms with E-state index in [4.69, 9.17) is 9.47 Å². The quantitative estimate of drug-likeness (QED) is 0.861. The first-order valence-electron chi connectivity index (χ1n) is 9.57. The predicted octanol–water partition coefficient (Wildman–Crippen LogP) is 2.62. The molecule has 2 aromatic rings. The molecule has 0 spiro atoms. The molecule has 1 saturated heterocycles. The minimum atomic E-state index is -0.0834. The first kappa shape index (κ1) is 18.3. The van der Waals surface area contributed by atoms with Crippen LogP contribution in [0.4, 0.5) is 5.82 Å². The number of pyridine rings is 1. The molecule has 0 aliphatic carbocycles. The molecule has 3 heterocycles. The van der Waals surface area contributed by atoms with Crippen LogP contribution in [-0.2, 0) is 16.0 Å². The number of piperidine rings is 1. The summed E-state index contributed by atoms with van der Waals surface area (Å²) in [5.74, 6) is 2.08. The normalized spacial score (nSPS) is 16.1. The minimum absolute atomic E-state index is 0.0221. The Kier molecular flexibility index (Phi) is 5.41. The number of nitrogens with zero attached hydrogens (tertiary/aromatic N) is 2. The Morgan fingerprint density at radius 3 is 2.71 bits per heavy atom. The number of likely N-dealkylation sites (tertiary alicyclic amines) is 1. The van der Waals surface area contributed by atoms with Gasteiger partial charge in [-0.2, -0.15) is 0 Å². The highest BCUT2D eigenvalue weighted by Crippen LogP contribution is 2.32. The molecule has 7 heteroatoms. The van der Waals surface area contributed by atoms with Crippen LogP contribution in [0.15, 0.2) is 42.6 Å². The van der Waals surface area contributed by atoms with E-state index in [1.807, 2.05) is 35.2 Å². The molecule has 28 heavy (non-hydrogen) atoms. The Morgan fingerprint density at radius 1 is 1.11 bits per heavy atom. The number of rotatable bonds is 5. The number of carbonyl (C=O) groups is 2. The van der Waals surface area contributed by atoms with Gasteiger partial charge in [-0.25, -0.2) is 4.98 Å². The van der Waals surface area contributed by atoms with Gasteiger partial charge in [0.1, 0.15) is 5.82 Å². The first-order valence-corrected chi connectivity index (χ1v) is 9.57. The summed E-state index contributed by atoms with van der Waals surface area (Å²) >= 11 is 0. The lowest BCUT2D eigenvalue weighted by Crippen LogP contribution is -2.41. The Morgan fingerprint density at radius 2 is 1.93 bits per heavy atom. The van der Waals surface area contributed by atoms with Crippen LogP contribution in [0.1, 0.15) is 24.8 Å². The van der Waals surface area contributed by atoms with Crippen molar-refractivity contribution in [2.24, 2.45) is 5.92 Å². The van der Waals surface area contributed by atoms with Gasteiger partial charge in [0, 0.05) is 31.6 Å². The third-order valence-electron chi connectivity index (χ3n) is 5.20. The van der Waals surface area contributed by atoms with E-state index in [0.29, 0.717) is 44.6 Å². The SMILES string of the molecule is O=C(Nc1ccccn1)C1CCN(C(=O)CCc2ccc3c(c2)OCO3)CC1. The van der Waals surface area contributed by atoms with Gasteiger partial charge in [0.05, 0.1) is 0 Å². The summed E-state index contributed by atoms with van der Waals surface area (Å²) in [4.78, 5) is 30.9. The number of hydrogen-bond acceptors (Lipinski definition) is 5. The second-order valence-corrected chi connectivity index (χ2v) is 7.05. The number of amides is 2. The van der Waals surface area contributed by atoms with Crippen molar-refractivity contribution in [3.63, 3.8) is 0 Å². The highest BCUT2D eigenvalue weighted by molar-refractivity contribution is 5.91. The van der Waals surface area contributed by atoms with Crippen molar-refractivity contribution in [1.82, 2.24) is 9.88 Å². The van der Waals surface area contributed by atoms with Gasteiger partial charge >= 0.3 is 0 Å². The van der Waals surface area contributed by atoms with E-state index >= 15 is 0 Å². The largest absolute Gasteiger partial charge is 0.454 e. The number of aryl methyl sites for hydroxylation is 1. The van der Waals surface area contributed by atoms with Crippen LogP contribution in [0, 0.1) is 5.92 Å². The zero-order chi connectivity index (χ0) is 19.3. The molecule has 4 rings (SSSR count). The van der Waals surface area contributed by atoms with Crippen molar-refractivity contribution in [2.75, 3.05) is 25.2 Å². The number of hydrogen-bond donors (Lipinski definition) is 1. The average Bonchev–Trinajstić information content (AvgIpc) is 3.21. The Hall–Kier alpha value is -3.09. The van der Waals surface area contributed by atoms with Gasteiger partial charge in [0.2, 0.25) is 18.6 Å². The van der Waals surface area contributed by atoms with Crippen LogP contribution in [0.3, 0.4) is 0 Å². The van der Waals surface area contributed by atoms with Gasteiger partial charge in [-0.1, -0.05) is 12.1 Å². The Labute approximate surface area is 163 Å². The van der Waals surface area contributed by atoms with Crippen molar-refractivity contribution in [1.29, 1.82) is 0 Å². The van der Waals surface area contributed by atoms with Gasteiger partial charge in [-0.05, 0) is 49.1 Å². The van der Waals surface area contributed by atoms with Crippen LogP contribution in [0.25, 0.3) is 0 Å². The summed E-state index contributed by atoms with van der Waals surface area (Å²) in [5.41, 5.74) is 1.06. The molecule has 7 nitrogen and oxygen atoms in total. The molecule has 2 aliphatic rings. The third kappa shape index (κ3) is 4.24. The van der Waals surface area contributed by atoms with Gasteiger partial charge in [-0.15, -0.1) is 0 Å². The van der Waals surface area contributed by atoms with Gasteiger partial charge in [0.15, 0.2) is 11.5 Å². The van der Waals surface area contributed by atoms with E-state index in [0.717, 1.165) is 17.1 Å². The van der Waals surface area contributed by atoms with Gasteiger partial charge in [0.25, 0.3) is 0 Å². The molecule has 1 fully saturated rings. The fourth-order valence-electron chi connectivity index (χ4n) is 3.56. The maximum Gasteiger partial charge on any atom is 0.231 e. The van der Waals surface area contributed by atoms with E-state index in [1.165, 1.54) is 0 Å². The Balaban J connectivity index is 1.23. The van der Waals surface area contributed by atoms with Crippen LogP contribution in [-0.4, -0.2) is 41.6 Å². The number of nitrogens with one attached hydrogen (secondary N) is 1. The molecule has 1 aromatic carbocycles. The lowest BCUT2D eigenvalue weighted by atomic mass is 9.95. The maximum atomic E-state index is 12.5. The molecule has 2 amide bonds. The summed E-state index contributed by atoms with van der Waals surface area (Å²) in [6, 6.07) is 11.2. The standard InChI is InChI=1S/C21H23N3O4/c25-20(7-5-15-4-6-17-18(13-15)28-14-27-17)24-11-8-16(9-12-24)21(26)23-19-3-1-2-10-22-19/h1-4,6,10,13,16H,5,7-9,11-12,14H2,(H,22,23,26). The zero-order valence-electron chi connectivity index (χ0n) is 15.6. The first-order chi connectivity index (χ1) is 13.7. The number of aromatic nitrogens is 1. The van der Waals surface area contributed by atoms with Crippen molar-refractivity contribution in [3.8, 4) is 11.5 Å². The molecular weight excluding hydrogens is 358 g/mol. The van der Waals surface area contributed by atoms with Crippen molar-refractivity contribution in [2.45, 2.75) is 25.7 Å². The lowest BCUT2D eigenvalue weighted by Gasteiger charge is -2.31. The zero-order valence-corrected chi connectivity index (χ0v) is 15.6. The highest BCUT2D eigenvalue weighted by Gasteiger charge is 2.27. The van der Waals surface area contributed by atoms with E-state index in [2.05, 4.69) is 10.3 Å². The van der Waals surface area contributed by atoms with E-state index < -0.39 is 0 Å². The highest BCUT2D eigenvalue weighted by atomic mass is 16.7. The smallest absolute Gasteiger partial charge is 0.231 e. The molecule has 0 atom stereocenters. The molecule has 0 unspecified atom stereocenters. The summed E-state index contributed by atoms with van der Waals surface area (Å²) in [7, 11) is 0. The van der Waals surface area contributed by atoms with E-state index in [-0.39, 0.29) is 24.5 Å². The Bertz CT molecular complexity index is 848. The molecule has 0 saturated carbocycles. The van der Waals surface area contributed by atoms with Crippen molar-refractivity contribution >= 4 is 17.6 Å². The fourth-order valence-corrected chi connectivity index (χ4v) is 3.56. The van der Waals surface area contributed by atoms with E-state index in [1.54, 1.807) is 12.3 Å². The molecule has 146 valence electrons. The van der Waals surface area contributed by atoms with Gasteiger partial charge in [-0.3, -0.25) is 9.59 Å². The topological polar surface area (TPSA) is 80.8 Å². The number of carbonyl (C=O) groups excluding carboxylic acids is 2. The van der Waals surface area contributed by atoms with Gasteiger partial charge < -0.3 is 19.7 Å². The maximum absolute atomic E-state index is 12.5. The lowest BCUT2D eigenvalue weighted by molar-refractivity contribution is -0.134. The van der Waals surface area contributed by atoms with Crippen LogP contribution < -0.4 is 14.8 Å². The van der Waals surface area contributed by atoms with Crippen molar-refractivity contribution < 1.29 is 19.1 Å². The predicted molar refractivity (Wildman–Crippen MR) is 103 cm³/mol. The minimum Gasteiger partial charge on any atom is -0.454 e. The summed E-state index contributed by atoms with van der Waals surface area (Å²) in [5, 5.41) is 2.85. The molecule has 1 N–H and O–H groups in total. The average molecular weight is 381 g/mol. The summed E-state index contributed by atoms with van der Waals surface area (Å²) in [6.07, 6.45) is 4.11. The van der Waals surface area contributed by atoms with Crippen LogP contribution >= 0.6 is 0 Å². The molecule has 2 aliphatic heterocycles. The summed E-state index contributed by atoms with van der Waals surface area (Å²) < 4.78 is 10.7. The summed E-state index contributed by atoms with van der Waals surface area (Å²) in [6.45, 7) is 1.47. The molecule has 0 bridgehead atoms. The number of fused-ring (bicyclic) bond motifs is 1. The molecule has 1 aromatic heterocycles. The molecule has 0 radical (unpaired) electrons. The second-order valence-electron chi connectivity index (χ2n) is 7.05. The number of benzene rings is 1. The van der Waals surface area contributed by atoms with E-state index in [9.17, 15) is 9.59 Å². The monoisotopic (exact) mass is 381 g/mol. The van der Waals surface area contributed by atoms with Crippen molar-refractivity contribution in [3.05, 3.63) is 48.2 Å².